The molecule has 0 aromatic rings. The maximum atomic E-state index is 11.0. The Kier molecular flexibility index (Phi) is 8.40. The molecule has 12 nitrogen and oxygen atoms in total. The van der Waals surface area contributed by atoms with Gasteiger partial charge in [-0.3, -0.25) is 0 Å². The van der Waals surface area contributed by atoms with Crippen LogP contribution in [-0.4, -0.2) is 109 Å². The van der Waals surface area contributed by atoms with Crippen molar-refractivity contribution in [2.45, 2.75) is 92.6 Å². The zero-order valence-electron chi connectivity index (χ0n) is 17.2. The average Bonchev–Trinajstić information content (AvgIpc) is 2.71. The van der Waals surface area contributed by atoms with Crippen LogP contribution in [0, 0.1) is 0 Å². The highest BCUT2D eigenvalue weighted by Crippen LogP contribution is 2.29. The monoisotopic (exact) mass is 435 g/mol. The fourth-order valence-electron chi connectivity index (χ4n) is 4.40. The van der Waals surface area contributed by atoms with Crippen molar-refractivity contribution in [1.82, 2.24) is 5.32 Å². The van der Waals surface area contributed by atoms with Gasteiger partial charge in [0.15, 0.2) is 12.6 Å². The molecule has 176 valence electrons. The summed E-state index contributed by atoms with van der Waals surface area (Å²) in [5.74, 6) is 0. The number of hydrogen-bond acceptors (Lipinski definition) is 12. The van der Waals surface area contributed by atoms with E-state index in [-0.39, 0.29) is 18.8 Å². The summed E-state index contributed by atoms with van der Waals surface area (Å²) in [6.45, 7) is 0.313. The smallest absolute Gasteiger partial charge is 0.185 e. The Morgan fingerprint density at radius 2 is 1.57 bits per heavy atom. The number of hydrogen-bond donors (Lipinski definition) is 8. The molecule has 0 spiro atoms. The zero-order valence-corrected chi connectivity index (χ0v) is 17.2. The van der Waals surface area contributed by atoms with E-state index in [4.69, 9.17) is 41.9 Å². The van der Waals surface area contributed by atoms with E-state index in [1.54, 1.807) is 7.05 Å². The lowest BCUT2D eigenvalue weighted by molar-refractivity contribution is -0.296. The van der Waals surface area contributed by atoms with Gasteiger partial charge in [-0.05, 0) is 26.3 Å². The van der Waals surface area contributed by atoms with Crippen LogP contribution in [0.3, 0.4) is 0 Å². The molecule has 3 aliphatic rings. The van der Waals surface area contributed by atoms with Gasteiger partial charge < -0.3 is 62.5 Å². The third-order valence-electron chi connectivity index (χ3n) is 6.23. The van der Waals surface area contributed by atoms with Gasteiger partial charge in [-0.15, -0.1) is 0 Å². The Labute approximate surface area is 176 Å². The molecule has 0 bridgehead atoms. The van der Waals surface area contributed by atoms with Crippen LogP contribution in [0.2, 0.25) is 0 Å². The predicted molar refractivity (Wildman–Crippen MR) is 106 cm³/mol. The van der Waals surface area contributed by atoms with Gasteiger partial charge in [0.25, 0.3) is 0 Å². The van der Waals surface area contributed by atoms with Crippen LogP contribution in [0.1, 0.15) is 19.3 Å². The standard InChI is InChI=1S/C18H37N5O7/c1-23-12-11(24)6-27-18(13(12)25)30-16-10(22)4-9(21)15(14(16)26)29-17-8(20)3-2-7(5-19)28-17/h7-18,23-26H,2-6,19-22H2,1H3/t7?,8?,9-,10+,11-,12-,13?,14?,15?,16-,17+,18-/m0/s1. The lowest BCUT2D eigenvalue weighted by atomic mass is 9.84. The third-order valence-corrected chi connectivity index (χ3v) is 6.23. The molecule has 12 heteroatoms. The van der Waals surface area contributed by atoms with E-state index in [1.807, 2.05) is 0 Å². The van der Waals surface area contributed by atoms with Gasteiger partial charge in [-0.2, -0.15) is 0 Å². The van der Waals surface area contributed by atoms with Crippen molar-refractivity contribution in [3.8, 4) is 0 Å². The molecule has 12 atom stereocenters. The summed E-state index contributed by atoms with van der Waals surface area (Å²) in [7, 11) is 1.62. The number of rotatable bonds is 6. The van der Waals surface area contributed by atoms with Crippen LogP contribution in [-0.2, 0) is 18.9 Å². The van der Waals surface area contributed by atoms with Gasteiger partial charge >= 0.3 is 0 Å². The summed E-state index contributed by atoms with van der Waals surface area (Å²) in [6.07, 6.45) is -5.27. The largest absolute Gasteiger partial charge is 0.389 e. The molecule has 1 aliphatic carbocycles. The molecule has 0 amide bonds. The minimum Gasteiger partial charge on any atom is -0.389 e. The van der Waals surface area contributed by atoms with E-state index in [0.29, 0.717) is 19.4 Å². The Bertz CT molecular complexity index is 549. The fraction of sp³-hybridized carbons (Fsp3) is 1.00. The van der Waals surface area contributed by atoms with E-state index in [0.717, 1.165) is 6.42 Å². The van der Waals surface area contributed by atoms with E-state index in [1.165, 1.54) is 0 Å². The molecule has 2 aliphatic heterocycles. The van der Waals surface area contributed by atoms with Crippen molar-refractivity contribution in [1.29, 1.82) is 0 Å². The molecule has 5 unspecified atom stereocenters. The minimum absolute atomic E-state index is 0.0318. The van der Waals surface area contributed by atoms with Gasteiger partial charge in [0.1, 0.15) is 24.4 Å². The minimum atomic E-state index is -1.20. The van der Waals surface area contributed by atoms with Crippen LogP contribution >= 0.6 is 0 Å². The molecule has 0 aromatic heterocycles. The summed E-state index contributed by atoms with van der Waals surface area (Å²) < 4.78 is 23.1. The predicted octanol–water partition coefficient (Wildman–Crippen LogP) is -4.37. The molecular weight excluding hydrogens is 398 g/mol. The summed E-state index contributed by atoms with van der Waals surface area (Å²) in [5, 5.41) is 34.2. The maximum absolute atomic E-state index is 11.0. The molecule has 1 saturated carbocycles. The van der Waals surface area contributed by atoms with Crippen LogP contribution in [0.15, 0.2) is 0 Å². The lowest BCUT2D eigenvalue weighted by Crippen LogP contribution is -2.67. The number of aliphatic hydroxyl groups excluding tert-OH is 3. The number of likely N-dealkylation sites (N-methyl/N-ethyl adjacent to an activating group) is 1. The van der Waals surface area contributed by atoms with Crippen molar-refractivity contribution in [3.05, 3.63) is 0 Å². The van der Waals surface area contributed by atoms with Gasteiger partial charge in [-0.25, -0.2) is 0 Å². The molecule has 0 aromatic carbocycles. The van der Waals surface area contributed by atoms with E-state index in [2.05, 4.69) is 5.32 Å². The first-order valence-electron chi connectivity index (χ1n) is 10.5. The number of ether oxygens (including phenoxy) is 4. The SMILES string of the molecule is CN[C@@H]1C(O)[C@H](O[C@@H]2C(O)C(O[C@H]3OC(CN)CCC3N)[C@@H](N)C[C@H]2N)OC[C@@H]1O. The lowest BCUT2D eigenvalue weighted by Gasteiger charge is -2.47. The molecular formula is C18H37N5O7. The highest BCUT2D eigenvalue weighted by atomic mass is 16.7. The molecule has 30 heavy (non-hydrogen) atoms. The molecule has 12 N–H and O–H groups in total. The maximum Gasteiger partial charge on any atom is 0.185 e. The van der Waals surface area contributed by atoms with Crippen LogP contribution < -0.4 is 28.3 Å². The second kappa shape index (κ2) is 10.4. The van der Waals surface area contributed by atoms with Gasteiger partial charge in [0.05, 0.1) is 30.9 Å². The Balaban J connectivity index is 1.67. The van der Waals surface area contributed by atoms with Crippen LogP contribution in [0.4, 0.5) is 0 Å². The third kappa shape index (κ3) is 5.11. The molecule has 3 fully saturated rings. The summed E-state index contributed by atoms with van der Waals surface area (Å²) in [6, 6.07) is -2.18. The second-order valence-electron chi connectivity index (χ2n) is 8.43. The second-order valence-corrected chi connectivity index (χ2v) is 8.43. The summed E-state index contributed by atoms with van der Waals surface area (Å²) in [5.41, 5.74) is 24.2. The van der Waals surface area contributed by atoms with Gasteiger partial charge in [-0.1, -0.05) is 0 Å². The highest BCUT2D eigenvalue weighted by molar-refractivity contribution is 5.00. The van der Waals surface area contributed by atoms with Crippen molar-refractivity contribution >= 4 is 0 Å². The van der Waals surface area contributed by atoms with Crippen molar-refractivity contribution in [2.24, 2.45) is 22.9 Å². The summed E-state index contributed by atoms with van der Waals surface area (Å²) in [4.78, 5) is 0. The van der Waals surface area contributed by atoms with Crippen molar-refractivity contribution in [3.63, 3.8) is 0 Å². The molecule has 2 saturated heterocycles. The van der Waals surface area contributed by atoms with E-state index >= 15 is 0 Å². The van der Waals surface area contributed by atoms with E-state index in [9.17, 15) is 15.3 Å². The van der Waals surface area contributed by atoms with Gasteiger partial charge in [0, 0.05) is 18.6 Å². The first-order chi connectivity index (χ1) is 14.3. The highest BCUT2D eigenvalue weighted by Gasteiger charge is 2.48. The van der Waals surface area contributed by atoms with Crippen LogP contribution in [0.25, 0.3) is 0 Å². The summed E-state index contributed by atoms with van der Waals surface area (Å²) >= 11 is 0. The normalized spacial score (nSPS) is 50.4. The van der Waals surface area contributed by atoms with E-state index < -0.39 is 61.2 Å². The van der Waals surface area contributed by atoms with Crippen molar-refractivity contribution in [2.75, 3.05) is 20.2 Å². The molecule has 0 radical (unpaired) electrons. The zero-order chi connectivity index (χ0) is 22.0. The van der Waals surface area contributed by atoms with Gasteiger partial charge in [0.2, 0.25) is 0 Å². The molecule has 2 heterocycles. The Morgan fingerprint density at radius 1 is 0.933 bits per heavy atom. The number of nitrogens with one attached hydrogen (secondary N) is 1. The first kappa shape index (κ1) is 24.2. The fourth-order valence-corrected chi connectivity index (χ4v) is 4.40. The number of aliphatic hydroxyl groups is 3. The average molecular weight is 436 g/mol. The first-order valence-corrected chi connectivity index (χ1v) is 10.5. The molecule has 3 rings (SSSR count). The van der Waals surface area contributed by atoms with Crippen LogP contribution in [0.5, 0.6) is 0 Å². The quantitative estimate of drug-likeness (QED) is 0.199. The van der Waals surface area contributed by atoms with Crippen molar-refractivity contribution < 1.29 is 34.3 Å². The number of nitrogens with two attached hydrogens (primary N) is 4. The Hall–Kier alpha value is -0.480. The topological polar surface area (TPSA) is 214 Å². The Morgan fingerprint density at radius 3 is 2.17 bits per heavy atom.